The Morgan fingerprint density at radius 3 is 2.46 bits per heavy atom. The molecule has 0 radical (unpaired) electrons. The van der Waals surface area contributed by atoms with Crippen molar-refractivity contribution < 1.29 is 24.2 Å². The first-order chi connectivity index (χ1) is 16.9. The lowest BCUT2D eigenvalue weighted by Crippen LogP contribution is -2.29. The number of nitrogens with zero attached hydrogens (tertiary/aromatic N) is 1. The van der Waals surface area contributed by atoms with E-state index in [4.69, 9.17) is 9.47 Å². The molecule has 1 saturated heterocycles. The number of anilines is 1. The van der Waals surface area contributed by atoms with Gasteiger partial charge in [0.25, 0.3) is 11.7 Å². The van der Waals surface area contributed by atoms with Crippen LogP contribution in [0.4, 0.5) is 5.69 Å². The number of carbonyl (C=O) groups excluding carboxylic acids is 2. The number of hydrogen-bond acceptors (Lipinski definition) is 5. The Labute approximate surface area is 205 Å². The summed E-state index contributed by atoms with van der Waals surface area (Å²) >= 11 is 0. The molecule has 0 aliphatic carbocycles. The lowest BCUT2D eigenvalue weighted by molar-refractivity contribution is -0.132. The minimum atomic E-state index is -0.880. The fourth-order valence-corrected chi connectivity index (χ4v) is 4.27. The van der Waals surface area contributed by atoms with E-state index >= 15 is 0 Å². The number of Topliss-reactive ketones (excluding diaryl/α,β-unsaturated/α-hetero) is 1. The van der Waals surface area contributed by atoms with Gasteiger partial charge in [0.1, 0.15) is 17.3 Å². The zero-order valence-electron chi connectivity index (χ0n) is 20.4. The number of aliphatic hydroxyl groups is 1. The molecule has 1 atom stereocenters. The molecule has 1 unspecified atom stereocenters. The summed E-state index contributed by atoms with van der Waals surface area (Å²) in [5.41, 5.74) is 3.62. The monoisotopic (exact) mass is 471 g/mol. The number of aliphatic hydroxyl groups excluding tert-OH is 1. The van der Waals surface area contributed by atoms with E-state index in [-0.39, 0.29) is 11.3 Å². The Morgan fingerprint density at radius 2 is 1.74 bits per heavy atom. The number of para-hydroxylation sites is 1. The Bertz CT molecular complexity index is 1310. The van der Waals surface area contributed by atoms with Crippen molar-refractivity contribution in [2.45, 2.75) is 33.2 Å². The van der Waals surface area contributed by atoms with Crippen LogP contribution in [0, 0.1) is 13.8 Å². The molecule has 0 bridgehead atoms. The maximum absolute atomic E-state index is 13.4. The SMILES string of the molecule is CCCOc1cccc(N2C(=O)C(=O)/C(=C(/O)c3ccc(C)c(C)c3)C2c2ccccc2OC)c1. The highest BCUT2D eigenvalue weighted by Crippen LogP contribution is 2.45. The Balaban J connectivity index is 1.94. The molecule has 6 heteroatoms. The maximum atomic E-state index is 13.4. The van der Waals surface area contributed by atoms with Crippen LogP contribution in [0.2, 0.25) is 0 Å². The van der Waals surface area contributed by atoms with Gasteiger partial charge in [-0.2, -0.15) is 0 Å². The third kappa shape index (κ3) is 4.52. The van der Waals surface area contributed by atoms with Crippen molar-refractivity contribution in [3.05, 3.63) is 94.6 Å². The second-order valence-corrected chi connectivity index (χ2v) is 8.56. The van der Waals surface area contributed by atoms with Gasteiger partial charge in [0.05, 0.1) is 25.3 Å². The molecule has 1 heterocycles. The zero-order valence-corrected chi connectivity index (χ0v) is 20.4. The zero-order chi connectivity index (χ0) is 25.1. The van der Waals surface area contributed by atoms with Crippen molar-refractivity contribution in [2.24, 2.45) is 0 Å². The summed E-state index contributed by atoms with van der Waals surface area (Å²) in [6, 6.07) is 18.8. The molecule has 1 fully saturated rings. The predicted molar refractivity (Wildman–Crippen MR) is 136 cm³/mol. The molecule has 4 rings (SSSR count). The van der Waals surface area contributed by atoms with E-state index in [0.29, 0.717) is 34.9 Å². The van der Waals surface area contributed by atoms with Gasteiger partial charge in [0, 0.05) is 22.9 Å². The first-order valence-electron chi connectivity index (χ1n) is 11.6. The first kappa shape index (κ1) is 24.1. The largest absolute Gasteiger partial charge is 0.507 e. The third-order valence-corrected chi connectivity index (χ3v) is 6.23. The van der Waals surface area contributed by atoms with E-state index in [2.05, 4.69) is 0 Å². The van der Waals surface area contributed by atoms with Crippen molar-refractivity contribution in [1.29, 1.82) is 0 Å². The number of amides is 1. The van der Waals surface area contributed by atoms with Gasteiger partial charge in [-0.1, -0.05) is 43.3 Å². The van der Waals surface area contributed by atoms with E-state index in [1.807, 2.05) is 51.1 Å². The van der Waals surface area contributed by atoms with Crippen LogP contribution >= 0.6 is 0 Å². The van der Waals surface area contributed by atoms with Gasteiger partial charge in [0.2, 0.25) is 0 Å². The number of ketones is 1. The summed E-state index contributed by atoms with van der Waals surface area (Å²) in [6.45, 7) is 6.45. The van der Waals surface area contributed by atoms with E-state index in [0.717, 1.165) is 17.5 Å². The summed E-state index contributed by atoms with van der Waals surface area (Å²) in [6.07, 6.45) is 0.839. The van der Waals surface area contributed by atoms with Gasteiger partial charge in [0.15, 0.2) is 0 Å². The van der Waals surface area contributed by atoms with Crippen LogP contribution in [0.5, 0.6) is 11.5 Å². The number of rotatable bonds is 7. The topological polar surface area (TPSA) is 76.1 Å². The molecule has 1 aliphatic heterocycles. The van der Waals surface area contributed by atoms with Gasteiger partial charge >= 0.3 is 0 Å². The van der Waals surface area contributed by atoms with Crippen molar-refractivity contribution in [3.8, 4) is 11.5 Å². The molecule has 3 aromatic carbocycles. The molecular weight excluding hydrogens is 442 g/mol. The Hall–Kier alpha value is -4.06. The van der Waals surface area contributed by atoms with Gasteiger partial charge in [-0.15, -0.1) is 0 Å². The molecule has 180 valence electrons. The maximum Gasteiger partial charge on any atom is 0.300 e. The first-order valence-corrected chi connectivity index (χ1v) is 11.6. The second kappa shape index (κ2) is 10.1. The highest BCUT2D eigenvalue weighted by molar-refractivity contribution is 6.51. The molecule has 35 heavy (non-hydrogen) atoms. The lowest BCUT2D eigenvalue weighted by Gasteiger charge is -2.27. The predicted octanol–water partition coefficient (Wildman–Crippen LogP) is 5.73. The van der Waals surface area contributed by atoms with Crippen LogP contribution in [0.25, 0.3) is 5.76 Å². The third-order valence-electron chi connectivity index (χ3n) is 6.23. The number of ether oxygens (including phenoxy) is 2. The molecule has 1 aliphatic rings. The molecule has 1 amide bonds. The number of benzene rings is 3. The highest BCUT2D eigenvalue weighted by Gasteiger charge is 2.48. The van der Waals surface area contributed by atoms with Crippen LogP contribution in [0.3, 0.4) is 0 Å². The molecule has 3 aromatic rings. The summed E-state index contributed by atoms with van der Waals surface area (Å²) < 4.78 is 11.3. The number of methoxy groups -OCH3 is 1. The summed E-state index contributed by atoms with van der Waals surface area (Å²) in [5, 5.41) is 11.4. The molecule has 0 aromatic heterocycles. The van der Waals surface area contributed by atoms with Crippen LogP contribution in [-0.4, -0.2) is 30.5 Å². The normalized spacial score (nSPS) is 17.0. The summed E-state index contributed by atoms with van der Waals surface area (Å²) in [5.74, 6) is -0.591. The van der Waals surface area contributed by atoms with Crippen molar-refractivity contribution >= 4 is 23.1 Å². The molecule has 1 N–H and O–H groups in total. The van der Waals surface area contributed by atoms with Crippen molar-refractivity contribution in [2.75, 3.05) is 18.6 Å². The minimum absolute atomic E-state index is 0.0163. The molecule has 6 nitrogen and oxygen atoms in total. The van der Waals surface area contributed by atoms with Crippen LogP contribution in [-0.2, 0) is 9.59 Å². The fraction of sp³-hybridized carbons (Fsp3) is 0.241. The van der Waals surface area contributed by atoms with Gasteiger partial charge in [-0.05, 0) is 55.7 Å². The number of carbonyl (C=O) groups is 2. The van der Waals surface area contributed by atoms with Crippen LogP contribution < -0.4 is 14.4 Å². The van der Waals surface area contributed by atoms with Gasteiger partial charge in [-0.25, -0.2) is 0 Å². The molecular formula is C29H29NO5. The highest BCUT2D eigenvalue weighted by atomic mass is 16.5. The Kier molecular flexibility index (Phi) is 6.92. The van der Waals surface area contributed by atoms with E-state index in [1.54, 1.807) is 36.4 Å². The second-order valence-electron chi connectivity index (χ2n) is 8.56. The Morgan fingerprint density at radius 1 is 0.971 bits per heavy atom. The number of aryl methyl sites for hydroxylation is 2. The summed E-state index contributed by atoms with van der Waals surface area (Å²) in [7, 11) is 1.54. The van der Waals surface area contributed by atoms with Crippen LogP contribution in [0.1, 0.15) is 41.6 Å². The van der Waals surface area contributed by atoms with Crippen LogP contribution in [0.15, 0.2) is 72.3 Å². The number of hydrogen-bond donors (Lipinski definition) is 1. The van der Waals surface area contributed by atoms with Crippen molar-refractivity contribution in [3.63, 3.8) is 0 Å². The van der Waals surface area contributed by atoms with E-state index in [9.17, 15) is 14.7 Å². The smallest absolute Gasteiger partial charge is 0.300 e. The van der Waals surface area contributed by atoms with Crippen molar-refractivity contribution in [1.82, 2.24) is 0 Å². The van der Waals surface area contributed by atoms with Gasteiger partial charge < -0.3 is 14.6 Å². The average Bonchev–Trinajstić information content (AvgIpc) is 3.14. The quantitative estimate of drug-likeness (QED) is 0.271. The standard InChI is InChI=1S/C29H29NO5/c1-5-15-35-22-10-8-9-21(17-22)30-26(23-11-6-7-12-24(23)34-4)25(28(32)29(30)33)27(31)20-14-13-18(2)19(3)16-20/h6-14,16-17,26,31H,5,15H2,1-4H3/b27-25+. The fourth-order valence-electron chi connectivity index (χ4n) is 4.27. The van der Waals surface area contributed by atoms with E-state index < -0.39 is 17.7 Å². The van der Waals surface area contributed by atoms with E-state index in [1.165, 1.54) is 12.0 Å². The molecule has 0 saturated carbocycles. The summed E-state index contributed by atoms with van der Waals surface area (Å²) in [4.78, 5) is 28.3. The lowest BCUT2D eigenvalue weighted by atomic mass is 9.93. The average molecular weight is 472 g/mol. The minimum Gasteiger partial charge on any atom is -0.507 e. The molecule has 0 spiro atoms. The van der Waals surface area contributed by atoms with Gasteiger partial charge in [-0.3, -0.25) is 14.5 Å².